The lowest BCUT2D eigenvalue weighted by Gasteiger charge is -2.37. The monoisotopic (exact) mass is 366 g/mol. The highest BCUT2D eigenvalue weighted by atomic mass is 16.2. The summed E-state index contributed by atoms with van der Waals surface area (Å²) in [6, 6.07) is 5.14. The van der Waals surface area contributed by atoms with Crippen LogP contribution in [0, 0.1) is 0 Å². The normalized spacial score (nSPS) is 20.4. The molecule has 0 saturated carbocycles. The molecule has 0 aromatic carbocycles. The number of amides is 1. The van der Waals surface area contributed by atoms with Crippen molar-refractivity contribution in [1.29, 1.82) is 0 Å². The van der Waals surface area contributed by atoms with Crippen LogP contribution in [0.1, 0.15) is 36.2 Å². The van der Waals surface area contributed by atoms with Crippen LogP contribution in [0.5, 0.6) is 0 Å². The number of nitrogens with zero attached hydrogens (tertiary/aromatic N) is 5. The molecule has 0 radical (unpaired) electrons. The maximum atomic E-state index is 12.7. The fourth-order valence-electron chi connectivity index (χ4n) is 4.08. The Labute approximate surface area is 159 Å². The van der Waals surface area contributed by atoms with E-state index in [-0.39, 0.29) is 5.91 Å². The predicted molar refractivity (Wildman–Crippen MR) is 103 cm³/mol. The van der Waals surface area contributed by atoms with E-state index in [1.54, 1.807) is 12.5 Å². The zero-order valence-electron chi connectivity index (χ0n) is 15.7. The van der Waals surface area contributed by atoms with Gasteiger partial charge in [-0.3, -0.25) is 9.78 Å². The van der Waals surface area contributed by atoms with E-state index < -0.39 is 6.04 Å². The zero-order valence-corrected chi connectivity index (χ0v) is 15.7. The topological polar surface area (TPSA) is 88.2 Å². The molecule has 7 nitrogen and oxygen atoms in total. The number of piperazine rings is 1. The van der Waals surface area contributed by atoms with E-state index in [0.717, 1.165) is 37.4 Å². The molecule has 1 amide bonds. The number of carbonyl (C=O) groups is 1. The van der Waals surface area contributed by atoms with Gasteiger partial charge in [-0.05, 0) is 30.9 Å². The van der Waals surface area contributed by atoms with Gasteiger partial charge in [0.25, 0.3) is 0 Å². The van der Waals surface area contributed by atoms with E-state index in [4.69, 9.17) is 5.73 Å². The molecule has 2 aromatic rings. The summed E-state index contributed by atoms with van der Waals surface area (Å²) in [5.74, 6) is 1.55. The first-order valence-electron chi connectivity index (χ1n) is 9.66. The van der Waals surface area contributed by atoms with Crippen LogP contribution in [-0.2, 0) is 17.6 Å². The number of fused-ring (bicyclic) bond motifs is 1. The first-order chi connectivity index (χ1) is 13.1. The number of anilines is 1. The van der Waals surface area contributed by atoms with Crippen LogP contribution < -0.4 is 10.6 Å². The van der Waals surface area contributed by atoms with Gasteiger partial charge in [0, 0.05) is 55.7 Å². The molecule has 3 heterocycles. The third-order valence-corrected chi connectivity index (χ3v) is 5.62. The van der Waals surface area contributed by atoms with Crippen molar-refractivity contribution in [3.63, 3.8) is 0 Å². The molecule has 142 valence electrons. The molecule has 2 aliphatic rings. The summed E-state index contributed by atoms with van der Waals surface area (Å²) in [6.45, 7) is 5.13. The van der Waals surface area contributed by atoms with Gasteiger partial charge in [0.1, 0.15) is 12.1 Å². The molecular formula is C20H26N6O. The molecule has 1 fully saturated rings. The van der Waals surface area contributed by atoms with E-state index in [1.165, 1.54) is 11.3 Å². The van der Waals surface area contributed by atoms with Crippen molar-refractivity contribution in [2.24, 2.45) is 5.73 Å². The standard InChI is InChI=1S/C20H26N6O/c1-14-5-6-17-18(14)19(24-13-23-17)25-8-10-26(11-9-25)20(27)16(21)12-15-4-2-3-7-22-15/h2-4,7,13-14,16H,5-6,8-12,21H2,1H3. The first-order valence-corrected chi connectivity index (χ1v) is 9.66. The number of hydrogen-bond acceptors (Lipinski definition) is 6. The lowest BCUT2D eigenvalue weighted by atomic mass is 10.1. The Morgan fingerprint density at radius 3 is 2.78 bits per heavy atom. The van der Waals surface area contributed by atoms with E-state index >= 15 is 0 Å². The van der Waals surface area contributed by atoms with Gasteiger partial charge >= 0.3 is 0 Å². The highest BCUT2D eigenvalue weighted by Crippen LogP contribution is 2.37. The minimum atomic E-state index is -0.547. The van der Waals surface area contributed by atoms with Gasteiger partial charge in [0.05, 0.1) is 6.04 Å². The van der Waals surface area contributed by atoms with Crippen molar-refractivity contribution >= 4 is 11.7 Å². The van der Waals surface area contributed by atoms with Gasteiger partial charge < -0.3 is 15.5 Å². The minimum Gasteiger partial charge on any atom is -0.353 e. The highest BCUT2D eigenvalue weighted by molar-refractivity contribution is 5.82. The average Bonchev–Trinajstić information content (AvgIpc) is 3.09. The number of aromatic nitrogens is 3. The molecule has 1 aliphatic carbocycles. The number of hydrogen-bond donors (Lipinski definition) is 1. The maximum Gasteiger partial charge on any atom is 0.240 e. The second-order valence-electron chi connectivity index (χ2n) is 7.44. The summed E-state index contributed by atoms with van der Waals surface area (Å²) in [6.07, 6.45) is 6.05. The minimum absolute atomic E-state index is 0.00147. The maximum absolute atomic E-state index is 12.7. The SMILES string of the molecule is CC1CCc2ncnc(N3CCN(C(=O)C(N)Cc4ccccn4)CC3)c21. The van der Waals surface area contributed by atoms with E-state index in [2.05, 4.69) is 26.8 Å². The smallest absolute Gasteiger partial charge is 0.240 e. The van der Waals surface area contributed by atoms with Gasteiger partial charge in [-0.1, -0.05) is 13.0 Å². The van der Waals surface area contributed by atoms with Crippen molar-refractivity contribution in [2.45, 2.75) is 38.1 Å². The molecule has 0 bridgehead atoms. The van der Waals surface area contributed by atoms with Gasteiger partial charge in [-0.15, -0.1) is 0 Å². The Hall–Kier alpha value is -2.54. The molecule has 2 atom stereocenters. The third-order valence-electron chi connectivity index (χ3n) is 5.62. The number of rotatable bonds is 4. The Bertz CT molecular complexity index is 803. The average molecular weight is 366 g/mol. The number of carbonyl (C=O) groups excluding carboxylic acids is 1. The fourth-order valence-corrected chi connectivity index (χ4v) is 4.08. The van der Waals surface area contributed by atoms with Gasteiger partial charge in [0.15, 0.2) is 0 Å². The van der Waals surface area contributed by atoms with Crippen LogP contribution in [0.4, 0.5) is 5.82 Å². The molecule has 2 unspecified atom stereocenters. The lowest BCUT2D eigenvalue weighted by Crippen LogP contribution is -2.54. The quantitative estimate of drug-likeness (QED) is 0.873. The number of nitrogens with two attached hydrogens (primary N) is 1. The summed E-state index contributed by atoms with van der Waals surface area (Å²) in [7, 11) is 0. The molecule has 7 heteroatoms. The van der Waals surface area contributed by atoms with Crippen LogP contribution in [0.3, 0.4) is 0 Å². The largest absolute Gasteiger partial charge is 0.353 e. The summed E-state index contributed by atoms with van der Waals surface area (Å²) in [5.41, 5.74) is 9.48. The van der Waals surface area contributed by atoms with Crippen LogP contribution in [-0.4, -0.2) is 58.0 Å². The molecule has 2 N–H and O–H groups in total. The second-order valence-corrected chi connectivity index (χ2v) is 7.44. The Kier molecular flexibility index (Phi) is 5.03. The molecule has 1 aliphatic heterocycles. The van der Waals surface area contributed by atoms with Gasteiger partial charge in [-0.25, -0.2) is 9.97 Å². The van der Waals surface area contributed by atoms with E-state index in [1.807, 2.05) is 23.1 Å². The van der Waals surface area contributed by atoms with E-state index in [0.29, 0.717) is 25.4 Å². The van der Waals surface area contributed by atoms with Crippen molar-refractivity contribution in [3.8, 4) is 0 Å². The van der Waals surface area contributed by atoms with Crippen LogP contribution in [0.15, 0.2) is 30.7 Å². The third kappa shape index (κ3) is 3.64. The van der Waals surface area contributed by atoms with Crippen molar-refractivity contribution in [3.05, 3.63) is 47.7 Å². The Morgan fingerprint density at radius 1 is 1.22 bits per heavy atom. The molecule has 0 spiro atoms. The molecule has 27 heavy (non-hydrogen) atoms. The highest BCUT2D eigenvalue weighted by Gasteiger charge is 2.30. The first kappa shape index (κ1) is 17.9. The van der Waals surface area contributed by atoms with E-state index in [9.17, 15) is 4.79 Å². The number of aryl methyl sites for hydroxylation is 1. The predicted octanol–water partition coefficient (Wildman–Crippen LogP) is 1.14. The van der Waals surface area contributed by atoms with Crippen molar-refractivity contribution in [2.75, 3.05) is 31.1 Å². The summed E-state index contributed by atoms with van der Waals surface area (Å²) in [4.78, 5) is 30.1. The number of pyridine rings is 1. The molecule has 1 saturated heterocycles. The zero-order chi connectivity index (χ0) is 18.8. The molecule has 2 aromatic heterocycles. The lowest BCUT2D eigenvalue weighted by molar-refractivity contribution is -0.132. The van der Waals surface area contributed by atoms with Crippen LogP contribution in [0.25, 0.3) is 0 Å². The Balaban J connectivity index is 1.38. The van der Waals surface area contributed by atoms with Crippen molar-refractivity contribution < 1.29 is 4.79 Å². The van der Waals surface area contributed by atoms with Crippen LogP contribution in [0.2, 0.25) is 0 Å². The molecular weight excluding hydrogens is 340 g/mol. The summed E-state index contributed by atoms with van der Waals surface area (Å²) < 4.78 is 0. The molecule has 4 rings (SSSR count). The van der Waals surface area contributed by atoms with Crippen LogP contribution >= 0.6 is 0 Å². The van der Waals surface area contributed by atoms with Crippen molar-refractivity contribution in [1.82, 2.24) is 19.9 Å². The van der Waals surface area contributed by atoms with Gasteiger partial charge in [-0.2, -0.15) is 0 Å². The second kappa shape index (κ2) is 7.60. The fraction of sp³-hybridized carbons (Fsp3) is 0.500. The Morgan fingerprint density at radius 2 is 2.04 bits per heavy atom. The summed E-state index contributed by atoms with van der Waals surface area (Å²) in [5, 5.41) is 0. The van der Waals surface area contributed by atoms with Gasteiger partial charge in [0.2, 0.25) is 5.91 Å². The summed E-state index contributed by atoms with van der Waals surface area (Å²) >= 11 is 0.